The van der Waals surface area contributed by atoms with Gasteiger partial charge >= 0.3 is 5.97 Å². The zero-order chi connectivity index (χ0) is 30.9. The van der Waals surface area contributed by atoms with Crippen LogP contribution in [0.5, 0.6) is 0 Å². The maximum absolute atomic E-state index is 13.7. The van der Waals surface area contributed by atoms with Gasteiger partial charge in [-0.25, -0.2) is 4.98 Å². The zero-order valence-corrected chi connectivity index (χ0v) is 25.8. The van der Waals surface area contributed by atoms with Gasteiger partial charge in [0, 0.05) is 32.4 Å². The second-order valence-electron chi connectivity index (χ2n) is 12.1. The van der Waals surface area contributed by atoms with Crippen molar-refractivity contribution in [1.29, 1.82) is 0 Å². The predicted octanol–water partition coefficient (Wildman–Crippen LogP) is 4.04. The average molecular weight is 601 g/mol. The molecule has 2 heterocycles. The van der Waals surface area contributed by atoms with Crippen LogP contribution in [0.15, 0.2) is 29.8 Å². The van der Waals surface area contributed by atoms with E-state index < -0.39 is 29.6 Å². The molecule has 3 rings (SSSR count). The fourth-order valence-corrected chi connectivity index (χ4v) is 5.92. The number of hydrogen-bond acceptors (Lipinski definition) is 7. The molecule has 4 N–H and O–H groups in total. The number of aliphatic carboxylic acids is 1. The van der Waals surface area contributed by atoms with E-state index in [0.717, 1.165) is 41.0 Å². The van der Waals surface area contributed by atoms with Gasteiger partial charge in [0.15, 0.2) is 0 Å². The Labute approximate surface area is 251 Å². The molecule has 0 aliphatic carbocycles. The lowest BCUT2D eigenvalue weighted by atomic mass is 9.85. The van der Waals surface area contributed by atoms with Crippen LogP contribution in [0.3, 0.4) is 0 Å². The van der Waals surface area contributed by atoms with E-state index in [0.29, 0.717) is 12.8 Å². The molecule has 10 nitrogen and oxygen atoms in total. The molecule has 1 saturated heterocycles. The van der Waals surface area contributed by atoms with Crippen LogP contribution in [0.1, 0.15) is 83.4 Å². The number of amides is 3. The minimum atomic E-state index is -0.857. The first-order valence-electron chi connectivity index (χ1n) is 14.6. The second-order valence-corrected chi connectivity index (χ2v) is 13.0. The van der Waals surface area contributed by atoms with E-state index in [9.17, 15) is 24.3 Å². The fourth-order valence-electron chi connectivity index (χ4n) is 5.11. The van der Waals surface area contributed by atoms with Gasteiger partial charge in [0.2, 0.25) is 17.7 Å². The van der Waals surface area contributed by atoms with Crippen LogP contribution < -0.4 is 10.6 Å². The molecule has 1 aliphatic heterocycles. The Bertz CT molecular complexity index is 1220. The molecule has 1 aromatic heterocycles. The highest BCUT2D eigenvalue weighted by Crippen LogP contribution is 2.28. The number of aryl methyl sites for hydroxylation is 1. The maximum Gasteiger partial charge on any atom is 0.303 e. The molecule has 42 heavy (non-hydrogen) atoms. The third-order valence-corrected chi connectivity index (χ3v) is 8.48. The van der Waals surface area contributed by atoms with Gasteiger partial charge in [0.25, 0.3) is 0 Å². The van der Waals surface area contributed by atoms with E-state index >= 15 is 0 Å². The highest BCUT2D eigenvalue weighted by Gasteiger charge is 2.44. The summed E-state index contributed by atoms with van der Waals surface area (Å²) in [5, 5.41) is 24.9. The number of unbranched alkanes of at least 4 members (excludes halogenated alkanes) is 4. The fraction of sp³-hybridized carbons (Fsp3) is 0.581. The van der Waals surface area contributed by atoms with Crippen molar-refractivity contribution in [2.45, 2.75) is 104 Å². The summed E-state index contributed by atoms with van der Waals surface area (Å²) >= 11 is 1.58. The van der Waals surface area contributed by atoms with Gasteiger partial charge in [-0.2, -0.15) is 0 Å². The highest BCUT2D eigenvalue weighted by molar-refractivity contribution is 7.13. The number of hydrogen-bond donors (Lipinski definition) is 4. The first-order chi connectivity index (χ1) is 19.9. The molecule has 3 amide bonds. The van der Waals surface area contributed by atoms with Crippen LogP contribution >= 0.6 is 11.3 Å². The van der Waals surface area contributed by atoms with Crippen molar-refractivity contribution in [3.05, 3.63) is 41.0 Å². The summed E-state index contributed by atoms with van der Waals surface area (Å²) < 4.78 is 0. The van der Waals surface area contributed by atoms with Gasteiger partial charge in [-0.1, -0.05) is 64.3 Å². The van der Waals surface area contributed by atoms with Gasteiger partial charge < -0.3 is 25.7 Å². The van der Waals surface area contributed by atoms with E-state index in [2.05, 4.69) is 15.6 Å². The quantitative estimate of drug-likeness (QED) is 0.239. The smallest absolute Gasteiger partial charge is 0.303 e. The summed E-state index contributed by atoms with van der Waals surface area (Å²) in [6.45, 7) is 7.85. The van der Waals surface area contributed by atoms with Gasteiger partial charge in [-0.3, -0.25) is 19.2 Å². The largest absolute Gasteiger partial charge is 0.481 e. The molecule has 0 unspecified atom stereocenters. The number of rotatable bonds is 14. The normalized spacial score (nSPS) is 17.6. The molecule has 1 aromatic carbocycles. The Morgan fingerprint density at radius 2 is 1.69 bits per heavy atom. The van der Waals surface area contributed by atoms with Crippen molar-refractivity contribution in [2.24, 2.45) is 5.41 Å². The number of β-amino-alcohol motifs (C(OH)–C–C–N with tert-alkyl or cyclic N) is 1. The Balaban J connectivity index is 1.55. The Morgan fingerprint density at radius 3 is 2.29 bits per heavy atom. The first-order valence-corrected chi connectivity index (χ1v) is 15.5. The van der Waals surface area contributed by atoms with Gasteiger partial charge in [-0.05, 0) is 36.3 Å². The number of thiazole rings is 1. The van der Waals surface area contributed by atoms with Gasteiger partial charge in [-0.15, -0.1) is 11.3 Å². The summed E-state index contributed by atoms with van der Waals surface area (Å²) in [6, 6.07) is 6.19. The molecule has 1 fully saturated rings. The maximum atomic E-state index is 13.7. The van der Waals surface area contributed by atoms with E-state index in [1.54, 1.807) is 11.3 Å². The summed E-state index contributed by atoms with van der Waals surface area (Å²) in [4.78, 5) is 57.1. The number of nitrogens with one attached hydrogen (secondary N) is 2. The number of carboxylic acids is 1. The standard InChI is InChI=1S/C31H44N4O6S/c1-20-27(42-19-33-20)22-14-12-21(13-15-22)17-32-29(40)24-16-23(36)18-35(24)30(41)28(31(2,3)4)34-25(37)10-8-6-5-7-9-11-26(38)39/h12-15,19,23-24,28,36H,5-11,16-18H2,1-4H3,(H,32,40)(H,34,37)(H,38,39)/t23-,24+,28-/m1/s1. The number of aliphatic hydroxyl groups excluding tert-OH is 1. The van der Waals surface area contributed by atoms with Crippen molar-refractivity contribution in [2.75, 3.05) is 6.54 Å². The number of aromatic nitrogens is 1. The third kappa shape index (κ3) is 9.62. The Hall–Kier alpha value is -3.31. The summed E-state index contributed by atoms with van der Waals surface area (Å²) in [5.41, 5.74) is 4.14. The highest BCUT2D eigenvalue weighted by atomic mass is 32.1. The molecule has 3 atom stereocenters. The lowest BCUT2D eigenvalue weighted by Gasteiger charge is -2.35. The Kier molecular flexibility index (Phi) is 12.0. The monoisotopic (exact) mass is 600 g/mol. The van der Waals surface area contributed by atoms with Crippen LogP contribution in [0.4, 0.5) is 0 Å². The molecular weight excluding hydrogens is 556 g/mol. The molecule has 0 bridgehead atoms. The molecule has 0 saturated carbocycles. The number of carbonyl (C=O) groups is 4. The minimum Gasteiger partial charge on any atom is -0.481 e. The van der Waals surface area contributed by atoms with E-state index in [4.69, 9.17) is 5.11 Å². The van der Waals surface area contributed by atoms with Crippen LogP contribution in [-0.4, -0.2) is 68.5 Å². The SMILES string of the molecule is Cc1ncsc1-c1ccc(CNC(=O)[C@@H]2C[C@@H](O)CN2C(=O)[C@@H](NC(=O)CCCCCCCC(=O)O)C(C)(C)C)cc1. The summed E-state index contributed by atoms with van der Waals surface area (Å²) in [6.07, 6.45) is 3.43. The third-order valence-electron chi connectivity index (χ3n) is 7.51. The number of likely N-dealkylation sites (tertiary alicyclic amines) is 1. The zero-order valence-electron chi connectivity index (χ0n) is 25.0. The molecule has 11 heteroatoms. The van der Waals surface area contributed by atoms with Crippen molar-refractivity contribution >= 4 is 35.0 Å². The first kappa shape index (κ1) is 33.2. The van der Waals surface area contributed by atoms with Crippen LogP contribution in [0.2, 0.25) is 0 Å². The average Bonchev–Trinajstić information content (AvgIpc) is 3.54. The predicted molar refractivity (Wildman–Crippen MR) is 162 cm³/mol. The van der Waals surface area contributed by atoms with Crippen molar-refractivity contribution in [3.63, 3.8) is 0 Å². The van der Waals surface area contributed by atoms with Gasteiger partial charge in [0.05, 0.1) is 22.2 Å². The topological polar surface area (TPSA) is 149 Å². The van der Waals surface area contributed by atoms with Crippen LogP contribution in [0.25, 0.3) is 10.4 Å². The van der Waals surface area contributed by atoms with Crippen LogP contribution in [0, 0.1) is 12.3 Å². The van der Waals surface area contributed by atoms with E-state index in [1.807, 2.05) is 57.5 Å². The molecule has 1 aliphatic rings. The number of benzene rings is 1. The summed E-state index contributed by atoms with van der Waals surface area (Å²) in [7, 11) is 0. The molecule has 2 aromatic rings. The number of carbonyl (C=O) groups excluding carboxylic acids is 3. The molecule has 0 spiro atoms. The lowest BCUT2D eigenvalue weighted by Crippen LogP contribution is -2.57. The number of carboxylic acid groups (broad SMARTS) is 1. The van der Waals surface area contributed by atoms with Crippen molar-refractivity contribution in [3.8, 4) is 10.4 Å². The number of aliphatic hydroxyl groups is 1. The number of nitrogens with zero attached hydrogens (tertiary/aromatic N) is 2. The lowest BCUT2D eigenvalue weighted by molar-refractivity contribution is -0.144. The minimum absolute atomic E-state index is 0.0264. The second kappa shape index (κ2) is 15.2. The van der Waals surface area contributed by atoms with Crippen molar-refractivity contribution in [1.82, 2.24) is 20.5 Å². The van der Waals surface area contributed by atoms with Crippen LogP contribution in [-0.2, 0) is 25.7 Å². The van der Waals surface area contributed by atoms with Crippen molar-refractivity contribution < 1.29 is 29.4 Å². The summed E-state index contributed by atoms with van der Waals surface area (Å²) in [5.74, 6) is -1.77. The van der Waals surface area contributed by atoms with E-state index in [-0.39, 0.29) is 50.1 Å². The van der Waals surface area contributed by atoms with E-state index in [1.165, 1.54) is 4.90 Å². The molecule has 230 valence electrons. The molecule has 0 radical (unpaired) electrons. The molecular formula is C31H44N4O6S. The Morgan fingerprint density at radius 1 is 1.05 bits per heavy atom. The van der Waals surface area contributed by atoms with Gasteiger partial charge in [0.1, 0.15) is 12.1 Å².